The van der Waals surface area contributed by atoms with Crippen LogP contribution in [0.4, 0.5) is 5.82 Å². The molecule has 1 N–H and O–H groups in total. The van der Waals surface area contributed by atoms with Gasteiger partial charge in [-0.25, -0.2) is 4.98 Å². The number of aromatic nitrogens is 1. The first-order valence-electron chi connectivity index (χ1n) is 7.09. The van der Waals surface area contributed by atoms with Crippen molar-refractivity contribution in [3.8, 4) is 0 Å². The number of nitrogens with one attached hydrogen (secondary N) is 1. The summed E-state index contributed by atoms with van der Waals surface area (Å²) >= 11 is 0. The molecule has 1 heterocycles. The van der Waals surface area contributed by atoms with Crippen LogP contribution in [0.25, 0.3) is 0 Å². The maximum absolute atomic E-state index is 4.73. The Morgan fingerprint density at radius 3 is 2.67 bits per heavy atom. The van der Waals surface area contributed by atoms with Crippen LogP contribution in [0.15, 0.2) is 18.2 Å². The molecule has 0 atom stereocenters. The summed E-state index contributed by atoms with van der Waals surface area (Å²) in [5.74, 6) is 1.76. The lowest BCUT2D eigenvalue weighted by Gasteiger charge is -2.24. The molecule has 0 saturated carbocycles. The van der Waals surface area contributed by atoms with Crippen molar-refractivity contribution in [1.29, 1.82) is 0 Å². The third-order valence-corrected chi connectivity index (χ3v) is 2.82. The minimum Gasteiger partial charge on any atom is -0.357 e. The first-order chi connectivity index (χ1) is 8.67. The lowest BCUT2D eigenvalue weighted by atomic mass is 10.2. The Hall–Kier alpha value is -1.09. The zero-order valence-electron chi connectivity index (χ0n) is 12.2. The van der Waals surface area contributed by atoms with Crippen LogP contribution in [0.3, 0.4) is 0 Å². The van der Waals surface area contributed by atoms with Gasteiger partial charge in [0.2, 0.25) is 0 Å². The molecular formula is C15H27N3. The van der Waals surface area contributed by atoms with E-state index in [1.165, 1.54) is 0 Å². The van der Waals surface area contributed by atoms with Crippen molar-refractivity contribution >= 4 is 5.82 Å². The zero-order valence-corrected chi connectivity index (χ0v) is 12.2. The fourth-order valence-electron chi connectivity index (χ4n) is 1.96. The maximum atomic E-state index is 4.73. The Bertz CT molecular complexity index is 336. The van der Waals surface area contributed by atoms with Crippen molar-refractivity contribution in [2.24, 2.45) is 5.92 Å². The molecular weight excluding hydrogens is 222 g/mol. The van der Waals surface area contributed by atoms with Crippen LogP contribution >= 0.6 is 0 Å². The number of hydrogen-bond acceptors (Lipinski definition) is 3. The Morgan fingerprint density at radius 1 is 1.28 bits per heavy atom. The van der Waals surface area contributed by atoms with E-state index >= 15 is 0 Å². The van der Waals surface area contributed by atoms with Gasteiger partial charge in [-0.1, -0.05) is 26.8 Å². The van der Waals surface area contributed by atoms with E-state index in [-0.39, 0.29) is 0 Å². The second-order valence-corrected chi connectivity index (χ2v) is 5.10. The van der Waals surface area contributed by atoms with Gasteiger partial charge in [0.15, 0.2) is 0 Å². The Balaban J connectivity index is 2.66. The molecule has 0 fully saturated rings. The van der Waals surface area contributed by atoms with Gasteiger partial charge in [0.05, 0.1) is 5.69 Å². The van der Waals surface area contributed by atoms with Gasteiger partial charge in [-0.2, -0.15) is 0 Å². The second-order valence-electron chi connectivity index (χ2n) is 5.10. The maximum Gasteiger partial charge on any atom is 0.128 e. The van der Waals surface area contributed by atoms with Crippen molar-refractivity contribution in [3.63, 3.8) is 0 Å². The molecule has 0 aliphatic heterocycles. The Morgan fingerprint density at radius 2 is 2.06 bits per heavy atom. The smallest absolute Gasteiger partial charge is 0.128 e. The molecule has 0 amide bonds. The van der Waals surface area contributed by atoms with E-state index in [1.54, 1.807) is 0 Å². The highest BCUT2D eigenvalue weighted by atomic mass is 15.2. The van der Waals surface area contributed by atoms with Crippen LogP contribution < -0.4 is 10.2 Å². The first kappa shape index (κ1) is 15.0. The molecule has 1 aromatic heterocycles. The number of anilines is 1. The Labute approximate surface area is 112 Å². The molecule has 0 spiro atoms. The monoisotopic (exact) mass is 249 g/mol. The highest BCUT2D eigenvalue weighted by Crippen LogP contribution is 2.13. The quantitative estimate of drug-likeness (QED) is 0.718. The topological polar surface area (TPSA) is 28.2 Å². The molecule has 0 unspecified atom stereocenters. The van der Waals surface area contributed by atoms with Crippen molar-refractivity contribution in [3.05, 3.63) is 23.9 Å². The van der Waals surface area contributed by atoms with Gasteiger partial charge >= 0.3 is 0 Å². The number of pyridine rings is 1. The van der Waals surface area contributed by atoms with Gasteiger partial charge in [0.25, 0.3) is 0 Å². The predicted molar refractivity (Wildman–Crippen MR) is 79.0 cm³/mol. The van der Waals surface area contributed by atoms with Crippen molar-refractivity contribution < 1.29 is 0 Å². The molecule has 1 aromatic rings. The van der Waals surface area contributed by atoms with Crippen molar-refractivity contribution in [2.45, 2.75) is 40.7 Å². The molecule has 0 aromatic carbocycles. The van der Waals surface area contributed by atoms with E-state index < -0.39 is 0 Å². The van der Waals surface area contributed by atoms with Gasteiger partial charge < -0.3 is 10.2 Å². The molecule has 3 nitrogen and oxygen atoms in total. The average molecular weight is 249 g/mol. The summed E-state index contributed by atoms with van der Waals surface area (Å²) in [5.41, 5.74) is 1.13. The standard InChI is InChI=1S/C15H27N3/c1-5-10-16-11-14-8-7-9-15(17-14)18(6-2)12-13(3)4/h7-9,13,16H,5-6,10-12H2,1-4H3. The second kappa shape index (κ2) is 8.09. The SMILES string of the molecule is CCCNCc1cccc(N(CC)CC(C)C)n1. The number of rotatable bonds is 8. The molecule has 0 saturated heterocycles. The lowest BCUT2D eigenvalue weighted by molar-refractivity contribution is 0.611. The van der Waals surface area contributed by atoms with Crippen molar-refractivity contribution in [2.75, 3.05) is 24.5 Å². The summed E-state index contributed by atoms with van der Waals surface area (Å²) in [6.45, 7) is 12.8. The third-order valence-electron chi connectivity index (χ3n) is 2.82. The molecule has 3 heteroatoms. The Kier molecular flexibility index (Phi) is 6.73. The molecule has 0 aliphatic carbocycles. The van der Waals surface area contributed by atoms with Crippen LogP contribution in [0, 0.1) is 5.92 Å². The largest absolute Gasteiger partial charge is 0.357 e. The van der Waals surface area contributed by atoms with Gasteiger partial charge in [0, 0.05) is 19.6 Å². The minimum atomic E-state index is 0.661. The van der Waals surface area contributed by atoms with E-state index in [0.717, 1.165) is 44.1 Å². The van der Waals surface area contributed by atoms with Gasteiger partial charge in [-0.05, 0) is 37.9 Å². The molecule has 0 radical (unpaired) electrons. The molecule has 1 rings (SSSR count). The van der Waals surface area contributed by atoms with E-state index in [0.29, 0.717) is 5.92 Å². The normalized spacial score (nSPS) is 10.9. The third kappa shape index (κ3) is 5.05. The van der Waals surface area contributed by atoms with Gasteiger partial charge in [0.1, 0.15) is 5.82 Å². The lowest BCUT2D eigenvalue weighted by Crippen LogP contribution is -2.28. The summed E-state index contributed by atoms with van der Waals surface area (Å²) in [6, 6.07) is 6.30. The zero-order chi connectivity index (χ0) is 13.4. The minimum absolute atomic E-state index is 0.661. The molecule has 0 aliphatic rings. The summed E-state index contributed by atoms with van der Waals surface area (Å²) in [4.78, 5) is 7.07. The average Bonchev–Trinajstić information content (AvgIpc) is 2.36. The summed E-state index contributed by atoms with van der Waals surface area (Å²) in [7, 11) is 0. The highest BCUT2D eigenvalue weighted by Gasteiger charge is 2.08. The fraction of sp³-hybridized carbons (Fsp3) is 0.667. The van der Waals surface area contributed by atoms with Crippen molar-refractivity contribution in [1.82, 2.24) is 10.3 Å². The number of nitrogens with zero attached hydrogens (tertiary/aromatic N) is 2. The molecule has 0 bridgehead atoms. The highest BCUT2D eigenvalue weighted by molar-refractivity contribution is 5.39. The summed E-state index contributed by atoms with van der Waals surface area (Å²) in [5, 5.41) is 3.40. The number of hydrogen-bond donors (Lipinski definition) is 1. The van der Waals surface area contributed by atoms with E-state index in [9.17, 15) is 0 Å². The van der Waals surface area contributed by atoms with Crippen LogP contribution in [0.5, 0.6) is 0 Å². The van der Waals surface area contributed by atoms with Gasteiger partial charge in [-0.15, -0.1) is 0 Å². The molecule has 18 heavy (non-hydrogen) atoms. The van der Waals surface area contributed by atoms with Gasteiger partial charge in [-0.3, -0.25) is 0 Å². The predicted octanol–water partition coefficient (Wildman–Crippen LogP) is 3.06. The van der Waals surface area contributed by atoms with E-state index in [1.807, 2.05) is 0 Å². The van der Waals surface area contributed by atoms with Crippen LogP contribution in [0.1, 0.15) is 39.8 Å². The summed E-state index contributed by atoms with van der Waals surface area (Å²) < 4.78 is 0. The fourth-order valence-corrected chi connectivity index (χ4v) is 1.96. The van der Waals surface area contributed by atoms with E-state index in [4.69, 9.17) is 4.98 Å². The van der Waals surface area contributed by atoms with Crippen LogP contribution in [-0.4, -0.2) is 24.6 Å². The van der Waals surface area contributed by atoms with Crippen LogP contribution in [0.2, 0.25) is 0 Å². The molecule has 102 valence electrons. The summed E-state index contributed by atoms with van der Waals surface area (Å²) in [6.07, 6.45) is 1.16. The van der Waals surface area contributed by atoms with Crippen LogP contribution in [-0.2, 0) is 6.54 Å². The first-order valence-corrected chi connectivity index (χ1v) is 7.09. The van der Waals surface area contributed by atoms with E-state index in [2.05, 4.69) is 56.1 Å².